The van der Waals surface area contributed by atoms with Crippen molar-refractivity contribution in [1.29, 1.82) is 0 Å². The van der Waals surface area contributed by atoms with Crippen molar-refractivity contribution in [3.05, 3.63) is 35.9 Å². The fourth-order valence-electron chi connectivity index (χ4n) is 3.03. The summed E-state index contributed by atoms with van der Waals surface area (Å²) in [4.78, 5) is 14.1. The predicted molar refractivity (Wildman–Crippen MR) is 91.4 cm³/mol. The molecule has 0 saturated carbocycles. The Hall–Kier alpha value is -1.39. The van der Waals surface area contributed by atoms with Crippen LogP contribution in [0.3, 0.4) is 0 Å². The average molecular weight is 319 g/mol. The molecule has 2 rings (SSSR count). The molecule has 0 aliphatic carbocycles. The number of carbonyl (C=O) groups excluding carboxylic acids is 1. The van der Waals surface area contributed by atoms with Crippen molar-refractivity contribution in [3.63, 3.8) is 0 Å². The molecule has 0 amide bonds. The molecule has 1 heterocycles. The number of hydrogen-bond acceptors (Lipinski definition) is 4. The van der Waals surface area contributed by atoms with E-state index in [1.54, 1.807) is 0 Å². The maximum atomic E-state index is 11.8. The van der Waals surface area contributed by atoms with Gasteiger partial charge in [-0.15, -0.1) is 0 Å². The lowest BCUT2D eigenvalue weighted by Crippen LogP contribution is -2.40. The minimum atomic E-state index is -0.0408. The molecule has 4 nitrogen and oxygen atoms in total. The molecule has 1 aromatic rings. The molecular formula is C19H29NO3. The van der Waals surface area contributed by atoms with E-state index in [1.807, 2.05) is 13.0 Å². The van der Waals surface area contributed by atoms with Crippen LogP contribution in [0.5, 0.6) is 0 Å². The molecule has 0 aromatic heterocycles. The van der Waals surface area contributed by atoms with Crippen molar-refractivity contribution >= 4 is 5.97 Å². The molecule has 4 heteroatoms. The number of esters is 1. The minimum Gasteiger partial charge on any atom is -0.466 e. The summed E-state index contributed by atoms with van der Waals surface area (Å²) in [7, 11) is 0. The zero-order valence-corrected chi connectivity index (χ0v) is 14.2. The maximum absolute atomic E-state index is 11.8. The van der Waals surface area contributed by atoms with Crippen molar-refractivity contribution in [2.75, 3.05) is 39.5 Å². The van der Waals surface area contributed by atoms with Gasteiger partial charge in [-0.2, -0.15) is 0 Å². The minimum absolute atomic E-state index is 0.0408. The SMILES string of the molecule is CCOC(=O)C1CCCN(CCOCCCc2ccccc2)C1. The van der Waals surface area contributed by atoms with Crippen molar-refractivity contribution in [1.82, 2.24) is 4.90 Å². The number of carbonyl (C=O) groups is 1. The fraction of sp³-hybridized carbons (Fsp3) is 0.632. The second-order valence-corrected chi connectivity index (χ2v) is 6.09. The summed E-state index contributed by atoms with van der Waals surface area (Å²) in [5, 5.41) is 0. The van der Waals surface area contributed by atoms with E-state index in [9.17, 15) is 4.79 Å². The summed E-state index contributed by atoms with van der Waals surface area (Å²) < 4.78 is 10.9. The Bertz CT molecular complexity index is 449. The number of benzene rings is 1. The van der Waals surface area contributed by atoms with Crippen LogP contribution in [-0.4, -0.2) is 50.3 Å². The quantitative estimate of drug-likeness (QED) is 0.518. The fourth-order valence-corrected chi connectivity index (χ4v) is 3.03. The van der Waals surface area contributed by atoms with Gasteiger partial charge in [0.25, 0.3) is 0 Å². The summed E-state index contributed by atoms with van der Waals surface area (Å²) in [6.07, 6.45) is 4.13. The largest absolute Gasteiger partial charge is 0.466 e. The van der Waals surface area contributed by atoms with Crippen LogP contribution in [0.4, 0.5) is 0 Å². The lowest BCUT2D eigenvalue weighted by molar-refractivity contribution is -0.150. The highest BCUT2D eigenvalue weighted by atomic mass is 16.5. The van der Waals surface area contributed by atoms with Gasteiger partial charge in [0, 0.05) is 19.7 Å². The summed E-state index contributed by atoms with van der Waals surface area (Å²) in [5.41, 5.74) is 1.37. The molecule has 1 atom stereocenters. The van der Waals surface area contributed by atoms with E-state index in [0.717, 1.165) is 58.5 Å². The van der Waals surface area contributed by atoms with Gasteiger partial charge in [-0.3, -0.25) is 4.79 Å². The highest BCUT2D eigenvalue weighted by Gasteiger charge is 2.26. The molecule has 128 valence electrons. The first-order valence-corrected chi connectivity index (χ1v) is 8.80. The van der Waals surface area contributed by atoms with Gasteiger partial charge in [0.1, 0.15) is 0 Å². The molecule has 0 N–H and O–H groups in total. The zero-order chi connectivity index (χ0) is 16.3. The van der Waals surface area contributed by atoms with Crippen molar-refractivity contribution in [3.8, 4) is 0 Å². The van der Waals surface area contributed by atoms with Crippen LogP contribution in [0, 0.1) is 5.92 Å². The zero-order valence-electron chi connectivity index (χ0n) is 14.2. The van der Waals surface area contributed by atoms with Gasteiger partial charge in [-0.1, -0.05) is 30.3 Å². The molecule has 1 aliphatic heterocycles. The van der Waals surface area contributed by atoms with Gasteiger partial charge >= 0.3 is 5.97 Å². The van der Waals surface area contributed by atoms with Gasteiger partial charge in [0.15, 0.2) is 0 Å². The molecule has 1 aliphatic rings. The summed E-state index contributed by atoms with van der Waals surface area (Å²) >= 11 is 0. The summed E-state index contributed by atoms with van der Waals surface area (Å²) in [6.45, 7) is 6.65. The predicted octanol–water partition coefficient (Wildman–Crippen LogP) is 2.91. The summed E-state index contributed by atoms with van der Waals surface area (Å²) in [5.74, 6) is 0.00256. The second kappa shape index (κ2) is 10.4. The van der Waals surface area contributed by atoms with E-state index in [4.69, 9.17) is 9.47 Å². The Labute approximate surface area is 139 Å². The number of rotatable bonds is 9. The Morgan fingerprint density at radius 3 is 2.87 bits per heavy atom. The topological polar surface area (TPSA) is 38.8 Å². The smallest absolute Gasteiger partial charge is 0.310 e. The van der Waals surface area contributed by atoms with Crippen LogP contribution in [0.2, 0.25) is 0 Å². The van der Waals surface area contributed by atoms with Gasteiger partial charge in [0.2, 0.25) is 0 Å². The summed E-state index contributed by atoms with van der Waals surface area (Å²) in [6, 6.07) is 10.5. The molecule has 0 spiro atoms. The number of ether oxygens (including phenoxy) is 2. The van der Waals surface area contributed by atoms with E-state index in [-0.39, 0.29) is 11.9 Å². The molecule has 0 radical (unpaired) electrons. The Morgan fingerprint density at radius 2 is 2.09 bits per heavy atom. The lowest BCUT2D eigenvalue weighted by atomic mass is 9.98. The third kappa shape index (κ3) is 6.71. The number of nitrogens with zero attached hydrogens (tertiary/aromatic N) is 1. The third-order valence-electron chi connectivity index (χ3n) is 4.27. The first kappa shape index (κ1) is 18.0. The first-order chi connectivity index (χ1) is 11.3. The molecular weight excluding hydrogens is 290 g/mol. The number of likely N-dealkylation sites (tertiary alicyclic amines) is 1. The van der Waals surface area contributed by atoms with Crippen molar-refractivity contribution in [2.45, 2.75) is 32.6 Å². The monoisotopic (exact) mass is 319 g/mol. The standard InChI is InChI=1S/C19H29NO3/c1-2-23-19(21)18-11-6-12-20(16-18)13-15-22-14-7-10-17-8-4-3-5-9-17/h3-5,8-9,18H,2,6-7,10-16H2,1H3. The van der Waals surface area contributed by atoms with Crippen LogP contribution in [-0.2, 0) is 20.7 Å². The number of aryl methyl sites for hydroxylation is 1. The molecule has 1 fully saturated rings. The maximum Gasteiger partial charge on any atom is 0.310 e. The average Bonchev–Trinajstić information content (AvgIpc) is 2.59. The van der Waals surface area contributed by atoms with Crippen molar-refractivity contribution in [2.24, 2.45) is 5.92 Å². The van der Waals surface area contributed by atoms with Crippen LogP contribution in [0.25, 0.3) is 0 Å². The normalized spacial score (nSPS) is 18.7. The van der Waals surface area contributed by atoms with E-state index < -0.39 is 0 Å². The first-order valence-electron chi connectivity index (χ1n) is 8.80. The highest BCUT2D eigenvalue weighted by molar-refractivity contribution is 5.72. The second-order valence-electron chi connectivity index (χ2n) is 6.09. The van der Waals surface area contributed by atoms with Gasteiger partial charge in [-0.05, 0) is 44.7 Å². The Balaban J connectivity index is 1.54. The molecule has 23 heavy (non-hydrogen) atoms. The van der Waals surface area contributed by atoms with E-state index in [0.29, 0.717) is 6.61 Å². The number of piperidine rings is 1. The molecule has 1 aromatic carbocycles. The molecule has 1 saturated heterocycles. The Morgan fingerprint density at radius 1 is 1.26 bits per heavy atom. The van der Waals surface area contributed by atoms with E-state index in [1.165, 1.54) is 5.56 Å². The van der Waals surface area contributed by atoms with E-state index >= 15 is 0 Å². The Kier molecular flexibility index (Phi) is 8.12. The van der Waals surface area contributed by atoms with Crippen LogP contribution >= 0.6 is 0 Å². The van der Waals surface area contributed by atoms with Gasteiger partial charge in [-0.25, -0.2) is 0 Å². The van der Waals surface area contributed by atoms with Crippen molar-refractivity contribution < 1.29 is 14.3 Å². The molecule has 0 bridgehead atoms. The van der Waals surface area contributed by atoms with E-state index in [2.05, 4.69) is 29.2 Å². The van der Waals surface area contributed by atoms with Crippen LogP contribution in [0.15, 0.2) is 30.3 Å². The number of hydrogen-bond donors (Lipinski definition) is 0. The molecule has 1 unspecified atom stereocenters. The van der Waals surface area contributed by atoms with Gasteiger partial charge in [0.05, 0.1) is 19.1 Å². The lowest BCUT2D eigenvalue weighted by Gasteiger charge is -2.31. The highest BCUT2D eigenvalue weighted by Crippen LogP contribution is 2.17. The van der Waals surface area contributed by atoms with Crippen LogP contribution in [0.1, 0.15) is 31.7 Å². The van der Waals surface area contributed by atoms with Gasteiger partial charge < -0.3 is 14.4 Å². The van der Waals surface area contributed by atoms with Crippen LogP contribution < -0.4 is 0 Å². The third-order valence-corrected chi connectivity index (χ3v) is 4.27.